The number of non-ortho nitro benzene ring substituents is 1. The van der Waals surface area contributed by atoms with Crippen LogP contribution in [0.15, 0.2) is 33.1 Å². The van der Waals surface area contributed by atoms with Crippen molar-refractivity contribution in [3.8, 4) is 0 Å². The minimum atomic E-state index is -5.14. The van der Waals surface area contributed by atoms with E-state index in [4.69, 9.17) is 0 Å². The minimum Gasteiger partial charge on any atom is -0.465 e. The normalized spacial score (nSPS) is 23.3. The van der Waals surface area contributed by atoms with E-state index in [0.717, 1.165) is 38.1 Å². The molecular weight excluding hydrogens is 427 g/mol. The van der Waals surface area contributed by atoms with Crippen molar-refractivity contribution in [2.45, 2.75) is 36.0 Å². The van der Waals surface area contributed by atoms with Gasteiger partial charge in [0.2, 0.25) is 5.96 Å². The van der Waals surface area contributed by atoms with Crippen LogP contribution in [0.3, 0.4) is 0 Å². The monoisotopic (exact) mass is 443 g/mol. The molecule has 4 rings (SSSR count). The van der Waals surface area contributed by atoms with Crippen LogP contribution in [0.25, 0.3) is 0 Å². The Morgan fingerprint density at radius 1 is 1.27 bits per heavy atom. The number of alkyl halides is 3. The first-order valence-corrected chi connectivity index (χ1v) is 9.86. The maximum atomic E-state index is 14.1. The largest absolute Gasteiger partial charge is 0.465 e. The number of aliphatic imine (C=N–C) groups is 2. The Labute approximate surface area is 172 Å². The molecule has 1 fully saturated rings. The van der Waals surface area contributed by atoms with Crippen LogP contribution in [-0.2, 0) is 9.53 Å². The second kappa shape index (κ2) is 7.15. The Balaban J connectivity index is 1.90. The van der Waals surface area contributed by atoms with E-state index in [9.17, 15) is 28.1 Å². The van der Waals surface area contributed by atoms with Gasteiger partial charge in [-0.2, -0.15) is 13.2 Å². The van der Waals surface area contributed by atoms with Crippen molar-refractivity contribution in [2.24, 2.45) is 9.98 Å². The average Bonchev–Trinajstić information content (AvgIpc) is 3.09. The summed E-state index contributed by atoms with van der Waals surface area (Å²) < 4.78 is 46.7. The summed E-state index contributed by atoms with van der Waals surface area (Å²) >= 11 is 0.822. The lowest BCUT2D eigenvalue weighted by atomic mass is 10.1. The Hall–Kier alpha value is -2.83. The molecule has 0 aliphatic carbocycles. The number of fused-ring (bicyclic) bond motifs is 3. The molecule has 3 heterocycles. The van der Waals surface area contributed by atoms with Crippen LogP contribution in [0.1, 0.15) is 19.3 Å². The summed E-state index contributed by atoms with van der Waals surface area (Å²) in [6.07, 6.45) is -2.68. The Kier molecular flexibility index (Phi) is 4.87. The van der Waals surface area contributed by atoms with E-state index in [1.807, 2.05) is 0 Å². The van der Waals surface area contributed by atoms with Gasteiger partial charge in [0.25, 0.3) is 5.69 Å². The van der Waals surface area contributed by atoms with Crippen LogP contribution >= 0.6 is 11.8 Å². The summed E-state index contributed by atoms with van der Waals surface area (Å²) in [5, 5.41) is 11.0. The maximum Gasteiger partial charge on any atom is 0.446 e. The van der Waals surface area contributed by atoms with Crippen LogP contribution in [0.5, 0.6) is 0 Å². The van der Waals surface area contributed by atoms with Gasteiger partial charge in [-0.3, -0.25) is 15.0 Å². The maximum absolute atomic E-state index is 14.1. The van der Waals surface area contributed by atoms with Crippen LogP contribution in [0.4, 0.5) is 24.5 Å². The molecule has 1 unspecified atom stereocenters. The molecule has 0 N–H and O–H groups in total. The van der Waals surface area contributed by atoms with Crippen molar-refractivity contribution in [1.29, 1.82) is 0 Å². The Bertz CT molecular complexity index is 977. The van der Waals surface area contributed by atoms with Gasteiger partial charge in [0.05, 0.1) is 17.7 Å². The number of piperidine rings is 1. The van der Waals surface area contributed by atoms with Gasteiger partial charge in [0.15, 0.2) is 5.17 Å². The third kappa shape index (κ3) is 3.07. The highest BCUT2D eigenvalue weighted by atomic mass is 32.2. The van der Waals surface area contributed by atoms with Gasteiger partial charge in [0.1, 0.15) is 0 Å². The number of hydrogen-bond donors (Lipinski definition) is 0. The molecule has 1 saturated heterocycles. The lowest BCUT2D eigenvalue weighted by molar-refractivity contribution is -0.385. The molecule has 0 amide bonds. The van der Waals surface area contributed by atoms with E-state index in [2.05, 4.69) is 14.7 Å². The number of likely N-dealkylation sites (tertiary alicyclic amines) is 1. The first-order valence-electron chi connectivity index (χ1n) is 9.04. The zero-order chi connectivity index (χ0) is 21.7. The minimum absolute atomic E-state index is 0.0671. The number of thioether (sulfide) groups is 1. The second-order valence-electron chi connectivity index (χ2n) is 6.86. The highest BCUT2D eigenvalue weighted by molar-refractivity contribution is 8.15. The van der Waals surface area contributed by atoms with Crippen molar-refractivity contribution in [1.82, 2.24) is 4.90 Å². The third-order valence-electron chi connectivity index (χ3n) is 5.01. The third-order valence-corrected chi connectivity index (χ3v) is 6.01. The summed E-state index contributed by atoms with van der Waals surface area (Å²) in [5.74, 6) is -1.71. The van der Waals surface area contributed by atoms with E-state index >= 15 is 0 Å². The number of ether oxygens (including phenoxy) is 1. The van der Waals surface area contributed by atoms with E-state index in [1.165, 1.54) is 23.1 Å². The molecule has 13 heteroatoms. The quantitative estimate of drug-likeness (QED) is 0.393. The van der Waals surface area contributed by atoms with Crippen LogP contribution in [-0.4, -0.2) is 59.0 Å². The van der Waals surface area contributed by atoms with Crippen molar-refractivity contribution in [2.75, 3.05) is 25.1 Å². The van der Waals surface area contributed by atoms with Crippen LogP contribution in [0, 0.1) is 10.1 Å². The molecular formula is C17H16F3N5O4S. The fourth-order valence-electron chi connectivity index (χ4n) is 3.54. The second-order valence-corrected chi connectivity index (χ2v) is 7.87. The van der Waals surface area contributed by atoms with E-state index in [0.29, 0.717) is 23.7 Å². The number of carbonyl (C=O) groups is 1. The molecule has 0 bridgehead atoms. The molecule has 3 aliphatic heterocycles. The van der Waals surface area contributed by atoms with E-state index in [1.54, 1.807) is 4.90 Å². The van der Waals surface area contributed by atoms with Gasteiger partial charge in [0, 0.05) is 30.1 Å². The zero-order valence-electron chi connectivity index (χ0n) is 15.7. The fourth-order valence-corrected chi connectivity index (χ4v) is 4.63. The standard InChI is InChI=1S/C17H16F3N5O4S/c1-29-13(26)16(17(18,19)20)21-14(23-7-3-2-4-8-23)24-11-6-5-10(25(27)28)9-12(11)30-15(24)22-16/h5-6,9H,2-4,7-8H2,1H3. The molecule has 0 spiro atoms. The average molecular weight is 443 g/mol. The molecule has 1 aromatic rings. The van der Waals surface area contributed by atoms with Gasteiger partial charge in [-0.05, 0) is 37.1 Å². The number of amidine groups is 1. The zero-order valence-corrected chi connectivity index (χ0v) is 16.5. The van der Waals surface area contributed by atoms with Gasteiger partial charge in [-0.1, -0.05) is 0 Å². The molecule has 0 saturated carbocycles. The van der Waals surface area contributed by atoms with Gasteiger partial charge < -0.3 is 9.64 Å². The number of methoxy groups -OCH3 is 1. The number of guanidine groups is 1. The van der Waals surface area contributed by atoms with Crippen molar-refractivity contribution in [3.63, 3.8) is 0 Å². The number of hydrogen-bond acceptors (Lipinski definition) is 9. The number of anilines is 1. The number of nitro benzene ring substituents is 1. The summed E-state index contributed by atoms with van der Waals surface area (Å²) in [4.78, 5) is 33.7. The molecule has 1 atom stereocenters. The smallest absolute Gasteiger partial charge is 0.446 e. The predicted molar refractivity (Wildman–Crippen MR) is 103 cm³/mol. The number of halogens is 3. The van der Waals surface area contributed by atoms with Crippen molar-refractivity contribution >= 4 is 40.2 Å². The summed E-state index contributed by atoms with van der Waals surface area (Å²) in [6.45, 7) is 0.926. The summed E-state index contributed by atoms with van der Waals surface area (Å²) in [7, 11) is 0.846. The van der Waals surface area contributed by atoms with Crippen molar-refractivity contribution in [3.05, 3.63) is 28.3 Å². The van der Waals surface area contributed by atoms with E-state index < -0.39 is 22.7 Å². The SMILES string of the molecule is COC(=O)C1(C(F)(F)F)N=C2Sc3cc([N+](=O)[O-])ccc3N2C(N2CCCCC2)=N1. The van der Waals surface area contributed by atoms with Crippen molar-refractivity contribution < 1.29 is 27.6 Å². The first kappa shape index (κ1) is 20.4. The molecule has 0 radical (unpaired) electrons. The summed E-state index contributed by atoms with van der Waals surface area (Å²) in [6, 6.07) is 3.98. The van der Waals surface area contributed by atoms with Gasteiger partial charge >= 0.3 is 17.8 Å². The first-order chi connectivity index (χ1) is 14.2. The lowest BCUT2D eigenvalue weighted by Gasteiger charge is -2.39. The molecule has 1 aromatic carbocycles. The molecule has 160 valence electrons. The number of carbonyl (C=O) groups excluding carboxylic acids is 1. The molecule has 9 nitrogen and oxygen atoms in total. The molecule has 0 aromatic heterocycles. The van der Waals surface area contributed by atoms with Crippen LogP contribution < -0.4 is 4.90 Å². The van der Waals surface area contributed by atoms with Crippen LogP contribution in [0.2, 0.25) is 0 Å². The van der Waals surface area contributed by atoms with Gasteiger partial charge in [-0.15, -0.1) is 0 Å². The predicted octanol–water partition coefficient (Wildman–Crippen LogP) is 3.15. The number of rotatable bonds is 2. The highest BCUT2D eigenvalue weighted by Crippen LogP contribution is 2.48. The lowest BCUT2D eigenvalue weighted by Crippen LogP contribution is -2.59. The Morgan fingerprint density at radius 2 is 1.97 bits per heavy atom. The topological polar surface area (TPSA) is 101 Å². The highest BCUT2D eigenvalue weighted by Gasteiger charge is 2.66. The number of benzene rings is 1. The number of esters is 1. The fraction of sp³-hybridized carbons (Fsp3) is 0.471. The number of nitrogens with zero attached hydrogens (tertiary/aromatic N) is 5. The Morgan fingerprint density at radius 3 is 2.57 bits per heavy atom. The van der Waals surface area contributed by atoms with Gasteiger partial charge in [-0.25, -0.2) is 14.8 Å². The summed E-state index contributed by atoms with van der Waals surface area (Å²) in [5.41, 5.74) is -3.20. The number of nitro groups is 1. The molecule has 3 aliphatic rings. The van der Waals surface area contributed by atoms with E-state index in [-0.39, 0.29) is 16.8 Å². The molecule has 30 heavy (non-hydrogen) atoms.